The molecule has 0 fully saturated rings. The number of fused-ring (bicyclic) bond motifs is 2. The molecule has 5 rings (SSSR count). The standard InChI is InChI=1S/C24H13Cl3FNO3/c25-14-4-8-19-16(10-14)22(30)20-21(13-3-7-17(26)18(27)9-13)29(24(31)23(20)32-19)11-12-1-5-15(28)6-2-12/h1-10,21H,11H2/t21-/m1/s1. The van der Waals surface area contributed by atoms with Gasteiger partial charge in [0.1, 0.15) is 11.4 Å². The van der Waals surface area contributed by atoms with Crippen molar-refractivity contribution in [3.8, 4) is 0 Å². The van der Waals surface area contributed by atoms with Crippen LogP contribution in [-0.4, -0.2) is 10.8 Å². The second-order valence-corrected chi connectivity index (χ2v) is 8.70. The lowest BCUT2D eigenvalue weighted by molar-refractivity contribution is 0.0714. The third kappa shape index (κ3) is 3.47. The highest BCUT2D eigenvalue weighted by Crippen LogP contribution is 2.40. The van der Waals surface area contributed by atoms with Gasteiger partial charge in [0.25, 0.3) is 5.91 Å². The SMILES string of the molecule is O=C1c2oc3ccc(Cl)cc3c(=O)c2[C@@H](c2ccc(Cl)c(Cl)c2)N1Cc1ccc(F)cc1. The fraction of sp³-hybridized carbons (Fsp3) is 0.0833. The van der Waals surface area contributed by atoms with E-state index in [0.29, 0.717) is 26.2 Å². The highest BCUT2D eigenvalue weighted by atomic mass is 35.5. The van der Waals surface area contributed by atoms with Gasteiger partial charge in [-0.25, -0.2) is 4.39 Å². The molecule has 1 aliphatic heterocycles. The number of hydrogen-bond donors (Lipinski definition) is 0. The Morgan fingerprint density at radius 2 is 1.66 bits per heavy atom. The number of halogens is 4. The zero-order valence-corrected chi connectivity index (χ0v) is 18.5. The van der Waals surface area contributed by atoms with Crippen molar-refractivity contribution in [3.05, 3.63) is 114 Å². The van der Waals surface area contributed by atoms with E-state index in [1.807, 2.05) is 0 Å². The number of carbonyl (C=O) groups excluding carboxylic acids is 1. The van der Waals surface area contributed by atoms with Crippen LogP contribution in [0.1, 0.15) is 33.3 Å². The zero-order valence-electron chi connectivity index (χ0n) is 16.2. The van der Waals surface area contributed by atoms with Crippen molar-refractivity contribution < 1.29 is 13.6 Å². The van der Waals surface area contributed by atoms with Crippen LogP contribution in [0.15, 0.2) is 69.9 Å². The van der Waals surface area contributed by atoms with Crippen LogP contribution >= 0.6 is 34.8 Å². The van der Waals surface area contributed by atoms with Crippen molar-refractivity contribution in [2.24, 2.45) is 0 Å². The average Bonchev–Trinajstić information content (AvgIpc) is 3.04. The molecule has 0 bridgehead atoms. The first kappa shape index (κ1) is 21.0. The Morgan fingerprint density at radius 1 is 0.906 bits per heavy atom. The molecule has 1 atom stereocenters. The molecule has 0 saturated heterocycles. The van der Waals surface area contributed by atoms with Crippen LogP contribution in [0.3, 0.4) is 0 Å². The molecule has 0 spiro atoms. The van der Waals surface area contributed by atoms with Gasteiger partial charge in [-0.1, -0.05) is 53.0 Å². The summed E-state index contributed by atoms with van der Waals surface area (Å²) in [5.74, 6) is -0.872. The van der Waals surface area contributed by atoms with Gasteiger partial charge in [-0.2, -0.15) is 0 Å². The molecule has 3 aromatic carbocycles. The molecule has 2 heterocycles. The van der Waals surface area contributed by atoms with E-state index in [2.05, 4.69) is 0 Å². The van der Waals surface area contributed by atoms with E-state index in [-0.39, 0.29) is 40.1 Å². The lowest BCUT2D eigenvalue weighted by atomic mass is 9.98. The van der Waals surface area contributed by atoms with Crippen LogP contribution in [0.2, 0.25) is 15.1 Å². The number of nitrogens with zero attached hydrogens (tertiary/aromatic N) is 1. The van der Waals surface area contributed by atoms with E-state index < -0.39 is 11.9 Å². The van der Waals surface area contributed by atoms with Gasteiger partial charge >= 0.3 is 0 Å². The van der Waals surface area contributed by atoms with Gasteiger partial charge in [0.05, 0.1) is 27.0 Å². The second-order valence-electron chi connectivity index (χ2n) is 7.45. The fourth-order valence-electron chi connectivity index (χ4n) is 3.97. The highest BCUT2D eigenvalue weighted by molar-refractivity contribution is 6.42. The Morgan fingerprint density at radius 3 is 2.38 bits per heavy atom. The van der Waals surface area contributed by atoms with Crippen LogP contribution in [0.25, 0.3) is 11.0 Å². The molecule has 32 heavy (non-hydrogen) atoms. The Balaban J connectivity index is 1.73. The Bertz CT molecular complexity index is 1450. The molecule has 0 radical (unpaired) electrons. The first-order valence-corrected chi connectivity index (χ1v) is 10.7. The summed E-state index contributed by atoms with van der Waals surface area (Å²) in [6.07, 6.45) is 0. The monoisotopic (exact) mass is 487 g/mol. The smallest absolute Gasteiger partial charge is 0.291 e. The van der Waals surface area contributed by atoms with E-state index in [0.717, 1.165) is 0 Å². The van der Waals surface area contributed by atoms with Gasteiger partial charge in [0.2, 0.25) is 5.76 Å². The van der Waals surface area contributed by atoms with Gasteiger partial charge in [-0.3, -0.25) is 9.59 Å². The molecular weight excluding hydrogens is 476 g/mol. The first-order chi connectivity index (χ1) is 15.3. The largest absolute Gasteiger partial charge is 0.450 e. The maximum Gasteiger partial charge on any atom is 0.291 e. The van der Waals surface area contributed by atoms with E-state index in [1.165, 1.54) is 23.1 Å². The summed E-state index contributed by atoms with van der Waals surface area (Å²) < 4.78 is 19.3. The van der Waals surface area contributed by atoms with E-state index in [9.17, 15) is 14.0 Å². The summed E-state index contributed by atoms with van der Waals surface area (Å²) in [4.78, 5) is 28.4. The summed E-state index contributed by atoms with van der Waals surface area (Å²) in [7, 11) is 0. The number of carbonyl (C=O) groups is 1. The van der Waals surface area contributed by atoms with E-state index in [1.54, 1.807) is 42.5 Å². The van der Waals surface area contributed by atoms with Crippen LogP contribution < -0.4 is 5.43 Å². The summed E-state index contributed by atoms with van der Waals surface area (Å²) in [5.41, 5.74) is 1.41. The maximum atomic E-state index is 13.5. The van der Waals surface area contributed by atoms with E-state index in [4.69, 9.17) is 39.2 Å². The van der Waals surface area contributed by atoms with Gasteiger partial charge in [0, 0.05) is 11.6 Å². The van der Waals surface area contributed by atoms with Crippen molar-refractivity contribution in [3.63, 3.8) is 0 Å². The van der Waals surface area contributed by atoms with Crippen LogP contribution in [0.4, 0.5) is 4.39 Å². The summed E-state index contributed by atoms with van der Waals surface area (Å²) in [6.45, 7) is 0.130. The fourth-order valence-corrected chi connectivity index (χ4v) is 4.45. The van der Waals surface area contributed by atoms with Gasteiger partial charge in [0.15, 0.2) is 5.43 Å². The number of benzene rings is 3. The Hall–Kier alpha value is -2.86. The molecule has 0 N–H and O–H groups in total. The predicted molar refractivity (Wildman–Crippen MR) is 122 cm³/mol. The Labute approximate surface area is 196 Å². The highest BCUT2D eigenvalue weighted by Gasteiger charge is 2.42. The van der Waals surface area contributed by atoms with Crippen molar-refractivity contribution in [1.82, 2.24) is 4.90 Å². The van der Waals surface area contributed by atoms with Crippen molar-refractivity contribution in [2.45, 2.75) is 12.6 Å². The third-order valence-electron chi connectivity index (χ3n) is 5.45. The molecule has 8 heteroatoms. The quantitative estimate of drug-likeness (QED) is 0.325. The molecule has 0 aliphatic carbocycles. The number of hydrogen-bond acceptors (Lipinski definition) is 3. The van der Waals surface area contributed by atoms with Gasteiger partial charge in [-0.05, 0) is 53.6 Å². The molecule has 1 aromatic heterocycles. The number of amides is 1. The summed E-state index contributed by atoms with van der Waals surface area (Å²) >= 11 is 18.4. The molecular formula is C24H13Cl3FNO3. The van der Waals surface area contributed by atoms with Gasteiger partial charge in [-0.15, -0.1) is 0 Å². The molecule has 160 valence electrons. The van der Waals surface area contributed by atoms with Gasteiger partial charge < -0.3 is 9.32 Å². The molecule has 4 aromatic rings. The van der Waals surface area contributed by atoms with Crippen LogP contribution in [-0.2, 0) is 6.54 Å². The van der Waals surface area contributed by atoms with E-state index >= 15 is 0 Å². The van der Waals surface area contributed by atoms with Crippen LogP contribution in [0, 0.1) is 5.82 Å². The topological polar surface area (TPSA) is 50.5 Å². The van der Waals surface area contributed by atoms with Crippen LogP contribution in [0.5, 0.6) is 0 Å². The molecule has 0 saturated carbocycles. The third-order valence-corrected chi connectivity index (χ3v) is 6.43. The summed E-state index contributed by atoms with van der Waals surface area (Å²) in [6, 6.07) is 14.6. The molecule has 1 aliphatic rings. The second kappa shape index (κ2) is 7.93. The zero-order chi connectivity index (χ0) is 22.6. The number of rotatable bonds is 3. The lowest BCUT2D eigenvalue weighted by Crippen LogP contribution is -2.29. The minimum Gasteiger partial charge on any atom is -0.450 e. The van der Waals surface area contributed by atoms with Crippen molar-refractivity contribution in [2.75, 3.05) is 0 Å². The van der Waals surface area contributed by atoms with Crippen molar-refractivity contribution in [1.29, 1.82) is 0 Å². The maximum absolute atomic E-state index is 13.5. The summed E-state index contributed by atoms with van der Waals surface area (Å²) in [5, 5.41) is 1.29. The minimum absolute atomic E-state index is 0.0389. The average molecular weight is 489 g/mol. The Kier molecular flexibility index (Phi) is 5.20. The molecule has 1 amide bonds. The lowest BCUT2D eigenvalue weighted by Gasteiger charge is -2.25. The molecule has 0 unspecified atom stereocenters. The molecule has 4 nitrogen and oxygen atoms in total. The predicted octanol–water partition coefficient (Wildman–Crippen LogP) is 6.64. The normalized spacial score (nSPS) is 15.4. The minimum atomic E-state index is -0.767. The first-order valence-electron chi connectivity index (χ1n) is 9.60. The van der Waals surface area contributed by atoms with Crippen molar-refractivity contribution >= 4 is 51.7 Å².